The van der Waals surface area contributed by atoms with Gasteiger partial charge in [0.15, 0.2) is 11.5 Å². The van der Waals surface area contributed by atoms with Crippen molar-refractivity contribution in [2.24, 2.45) is 0 Å². The van der Waals surface area contributed by atoms with Crippen molar-refractivity contribution in [3.05, 3.63) is 40.6 Å². The highest BCUT2D eigenvalue weighted by Gasteiger charge is 2.15. The topological polar surface area (TPSA) is 67.9 Å². The second-order valence-electron chi connectivity index (χ2n) is 5.32. The number of rotatable bonds is 8. The van der Waals surface area contributed by atoms with E-state index in [4.69, 9.17) is 9.47 Å². The molecule has 1 aromatic carbocycles. The Morgan fingerprint density at radius 2 is 1.92 bits per heavy atom. The van der Waals surface area contributed by atoms with Gasteiger partial charge in [-0.05, 0) is 23.6 Å². The molecular formula is C18H22N2O4S. The Balaban J connectivity index is 1.96. The number of anilines is 1. The minimum absolute atomic E-state index is 0.0572. The van der Waals surface area contributed by atoms with Crippen molar-refractivity contribution in [1.29, 1.82) is 0 Å². The molecule has 0 atom stereocenters. The lowest BCUT2D eigenvalue weighted by Crippen LogP contribution is -2.38. The number of thiophene rings is 1. The average molecular weight is 362 g/mol. The van der Waals surface area contributed by atoms with Crippen LogP contribution in [0.2, 0.25) is 0 Å². The standard InChI is InChI=1S/C18H22N2O4S/c1-13(21)20(14-6-7-16(23-2)17(11-14)24-3)9-8-19-18(22)12-15-5-4-10-25-15/h4-7,10-11H,8-9,12H2,1-3H3,(H,19,22). The van der Waals surface area contributed by atoms with Crippen LogP contribution in [0.1, 0.15) is 11.8 Å². The first-order chi connectivity index (χ1) is 12.0. The van der Waals surface area contributed by atoms with Crippen molar-refractivity contribution in [3.63, 3.8) is 0 Å². The molecule has 2 amide bonds. The quantitative estimate of drug-likeness (QED) is 0.783. The van der Waals surface area contributed by atoms with E-state index in [-0.39, 0.29) is 11.8 Å². The number of ether oxygens (including phenoxy) is 2. The highest BCUT2D eigenvalue weighted by Crippen LogP contribution is 2.31. The Kier molecular flexibility index (Phi) is 6.82. The summed E-state index contributed by atoms with van der Waals surface area (Å²) in [5.41, 5.74) is 0.692. The molecule has 0 aliphatic rings. The molecule has 134 valence electrons. The van der Waals surface area contributed by atoms with Gasteiger partial charge in [0.1, 0.15) is 0 Å². The number of amides is 2. The van der Waals surface area contributed by atoms with Crippen LogP contribution in [0.5, 0.6) is 11.5 Å². The van der Waals surface area contributed by atoms with E-state index in [0.29, 0.717) is 36.7 Å². The monoisotopic (exact) mass is 362 g/mol. The maximum atomic E-state index is 12.0. The van der Waals surface area contributed by atoms with Gasteiger partial charge in [-0.25, -0.2) is 0 Å². The molecule has 0 bridgehead atoms. The van der Waals surface area contributed by atoms with Crippen molar-refractivity contribution in [2.75, 3.05) is 32.2 Å². The Morgan fingerprint density at radius 3 is 2.52 bits per heavy atom. The molecule has 1 N–H and O–H groups in total. The predicted octanol–water partition coefficient (Wildman–Crippen LogP) is 2.48. The summed E-state index contributed by atoms with van der Waals surface area (Å²) in [4.78, 5) is 26.5. The van der Waals surface area contributed by atoms with E-state index >= 15 is 0 Å². The highest BCUT2D eigenvalue weighted by molar-refractivity contribution is 7.10. The summed E-state index contributed by atoms with van der Waals surface area (Å²) in [5.74, 6) is 0.977. The summed E-state index contributed by atoms with van der Waals surface area (Å²) in [6.07, 6.45) is 0.355. The summed E-state index contributed by atoms with van der Waals surface area (Å²) in [6.45, 7) is 2.24. The van der Waals surface area contributed by atoms with Crippen LogP contribution in [0.4, 0.5) is 5.69 Å². The van der Waals surface area contributed by atoms with E-state index in [0.717, 1.165) is 4.88 Å². The summed E-state index contributed by atoms with van der Waals surface area (Å²) < 4.78 is 10.5. The Hall–Kier alpha value is -2.54. The molecule has 1 aromatic heterocycles. The lowest BCUT2D eigenvalue weighted by molar-refractivity contribution is -0.120. The van der Waals surface area contributed by atoms with E-state index in [1.807, 2.05) is 17.5 Å². The second-order valence-corrected chi connectivity index (χ2v) is 6.35. The van der Waals surface area contributed by atoms with Gasteiger partial charge in [-0.2, -0.15) is 0 Å². The van der Waals surface area contributed by atoms with Crippen LogP contribution < -0.4 is 19.7 Å². The molecule has 1 heterocycles. The number of carbonyl (C=O) groups is 2. The number of hydrogen-bond donors (Lipinski definition) is 1. The van der Waals surface area contributed by atoms with Crippen LogP contribution in [0.15, 0.2) is 35.7 Å². The molecule has 0 fully saturated rings. The maximum absolute atomic E-state index is 12.0. The smallest absolute Gasteiger partial charge is 0.225 e. The fourth-order valence-corrected chi connectivity index (χ4v) is 3.11. The van der Waals surface area contributed by atoms with Crippen LogP contribution in [-0.2, 0) is 16.0 Å². The third-order valence-electron chi connectivity index (χ3n) is 3.63. The van der Waals surface area contributed by atoms with Gasteiger partial charge in [-0.3, -0.25) is 9.59 Å². The molecule has 0 radical (unpaired) electrons. The van der Waals surface area contributed by atoms with Crippen molar-refractivity contribution in [3.8, 4) is 11.5 Å². The van der Waals surface area contributed by atoms with Crippen molar-refractivity contribution in [1.82, 2.24) is 5.32 Å². The fourth-order valence-electron chi connectivity index (χ4n) is 2.40. The Labute approximate surface area is 151 Å². The number of nitrogens with one attached hydrogen (secondary N) is 1. The molecule has 25 heavy (non-hydrogen) atoms. The highest BCUT2D eigenvalue weighted by atomic mass is 32.1. The lowest BCUT2D eigenvalue weighted by Gasteiger charge is -2.22. The first-order valence-electron chi connectivity index (χ1n) is 7.84. The van der Waals surface area contributed by atoms with Crippen LogP contribution in [-0.4, -0.2) is 39.1 Å². The predicted molar refractivity (Wildman–Crippen MR) is 98.6 cm³/mol. The average Bonchev–Trinajstić information content (AvgIpc) is 3.10. The van der Waals surface area contributed by atoms with Gasteiger partial charge in [0, 0.05) is 36.6 Å². The minimum Gasteiger partial charge on any atom is -0.493 e. The van der Waals surface area contributed by atoms with Crippen molar-refractivity contribution in [2.45, 2.75) is 13.3 Å². The number of carbonyl (C=O) groups excluding carboxylic acids is 2. The lowest BCUT2D eigenvalue weighted by atomic mass is 10.2. The summed E-state index contributed by atoms with van der Waals surface area (Å²) in [5, 5.41) is 4.79. The number of benzene rings is 1. The van der Waals surface area contributed by atoms with E-state index < -0.39 is 0 Å². The zero-order chi connectivity index (χ0) is 18.2. The van der Waals surface area contributed by atoms with Gasteiger partial charge >= 0.3 is 0 Å². The van der Waals surface area contributed by atoms with Crippen LogP contribution >= 0.6 is 11.3 Å². The van der Waals surface area contributed by atoms with E-state index in [9.17, 15) is 9.59 Å². The number of nitrogens with zero attached hydrogens (tertiary/aromatic N) is 1. The van der Waals surface area contributed by atoms with Crippen molar-refractivity contribution >= 4 is 28.8 Å². The molecule has 6 nitrogen and oxygen atoms in total. The summed E-state index contributed by atoms with van der Waals surface area (Å²) in [7, 11) is 3.11. The summed E-state index contributed by atoms with van der Waals surface area (Å²) >= 11 is 1.55. The van der Waals surface area contributed by atoms with E-state index in [1.165, 1.54) is 6.92 Å². The number of hydrogen-bond acceptors (Lipinski definition) is 5. The van der Waals surface area contributed by atoms with Gasteiger partial charge in [-0.15, -0.1) is 11.3 Å². The second kappa shape index (κ2) is 9.08. The first kappa shape index (κ1) is 18.8. The van der Waals surface area contributed by atoms with Crippen LogP contribution in [0.3, 0.4) is 0 Å². The van der Waals surface area contributed by atoms with Crippen LogP contribution in [0, 0.1) is 0 Å². The van der Waals surface area contributed by atoms with Gasteiger partial charge in [0.05, 0.1) is 20.6 Å². The minimum atomic E-state index is -0.111. The van der Waals surface area contributed by atoms with E-state index in [2.05, 4.69) is 5.32 Å². The maximum Gasteiger partial charge on any atom is 0.225 e. The molecule has 0 saturated carbocycles. The molecule has 0 spiro atoms. The largest absolute Gasteiger partial charge is 0.493 e. The Bertz CT molecular complexity index is 716. The zero-order valence-corrected chi connectivity index (χ0v) is 15.4. The SMILES string of the molecule is COc1ccc(N(CCNC(=O)Cc2cccs2)C(C)=O)cc1OC. The van der Waals surface area contributed by atoms with Gasteiger partial charge < -0.3 is 19.7 Å². The molecule has 0 saturated heterocycles. The van der Waals surface area contributed by atoms with E-state index in [1.54, 1.807) is 48.7 Å². The molecule has 0 aliphatic heterocycles. The zero-order valence-electron chi connectivity index (χ0n) is 14.6. The fraction of sp³-hybridized carbons (Fsp3) is 0.333. The third kappa shape index (κ3) is 5.22. The molecule has 0 aliphatic carbocycles. The molecular weight excluding hydrogens is 340 g/mol. The third-order valence-corrected chi connectivity index (χ3v) is 4.51. The molecule has 2 rings (SSSR count). The normalized spacial score (nSPS) is 10.2. The Morgan fingerprint density at radius 1 is 1.16 bits per heavy atom. The molecule has 0 unspecified atom stereocenters. The van der Waals surface area contributed by atoms with Crippen LogP contribution in [0.25, 0.3) is 0 Å². The summed E-state index contributed by atoms with van der Waals surface area (Å²) in [6, 6.07) is 9.13. The van der Waals surface area contributed by atoms with Gasteiger partial charge in [0.25, 0.3) is 0 Å². The molecule has 7 heteroatoms. The number of methoxy groups -OCH3 is 2. The van der Waals surface area contributed by atoms with Gasteiger partial charge in [0.2, 0.25) is 11.8 Å². The van der Waals surface area contributed by atoms with Gasteiger partial charge in [-0.1, -0.05) is 6.07 Å². The first-order valence-corrected chi connectivity index (χ1v) is 8.72. The molecule has 2 aromatic rings. The van der Waals surface area contributed by atoms with Crippen molar-refractivity contribution < 1.29 is 19.1 Å².